The van der Waals surface area contributed by atoms with Crippen LogP contribution in [-0.2, 0) is 4.74 Å². The van der Waals surface area contributed by atoms with Crippen molar-refractivity contribution in [1.29, 1.82) is 0 Å². The van der Waals surface area contributed by atoms with E-state index in [9.17, 15) is 0 Å². The molecule has 0 fully saturated rings. The highest BCUT2D eigenvalue weighted by atomic mass is 16.5. The smallest absolute Gasteiger partial charge is 0.176 e. The predicted octanol–water partition coefficient (Wildman–Crippen LogP) is 1.55. The van der Waals surface area contributed by atoms with Gasteiger partial charge in [-0.2, -0.15) is 0 Å². The fourth-order valence-corrected chi connectivity index (χ4v) is 0.920. The SMILES string of the molecule is CC1=CN(C)C(C)(C)O1. The molecule has 1 rings (SSSR count). The zero-order chi connectivity index (χ0) is 7.07. The maximum Gasteiger partial charge on any atom is 0.176 e. The van der Waals surface area contributed by atoms with E-state index in [1.165, 1.54) is 0 Å². The molecule has 52 valence electrons. The minimum atomic E-state index is -0.135. The second-order valence-corrected chi connectivity index (χ2v) is 2.90. The van der Waals surface area contributed by atoms with Crippen LogP contribution in [0.1, 0.15) is 20.8 Å². The Morgan fingerprint density at radius 2 is 2.11 bits per heavy atom. The molecular weight excluding hydrogens is 114 g/mol. The highest BCUT2D eigenvalue weighted by molar-refractivity contribution is 4.99. The van der Waals surface area contributed by atoms with Crippen LogP contribution in [0.4, 0.5) is 0 Å². The molecule has 0 saturated heterocycles. The lowest BCUT2D eigenvalue weighted by Crippen LogP contribution is -2.34. The summed E-state index contributed by atoms with van der Waals surface area (Å²) in [5, 5.41) is 0. The van der Waals surface area contributed by atoms with E-state index in [0.717, 1.165) is 5.76 Å². The summed E-state index contributed by atoms with van der Waals surface area (Å²) in [6.45, 7) is 6.05. The van der Waals surface area contributed by atoms with Gasteiger partial charge >= 0.3 is 0 Å². The van der Waals surface area contributed by atoms with Crippen molar-refractivity contribution in [3.8, 4) is 0 Å². The first-order valence-corrected chi connectivity index (χ1v) is 3.13. The molecule has 2 heteroatoms. The second kappa shape index (κ2) is 1.66. The molecule has 0 radical (unpaired) electrons. The van der Waals surface area contributed by atoms with Crippen LogP contribution in [-0.4, -0.2) is 17.7 Å². The minimum Gasteiger partial charge on any atom is -0.472 e. The van der Waals surface area contributed by atoms with Crippen molar-refractivity contribution in [2.45, 2.75) is 26.5 Å². The van der Waals surface area contributed by atoms with Crippen LogP contribution in [0.3, 0.4) is 0 Å². The van der Waals surface area contributed by atoms with Crippen molar-refractivity contribution in [1.82, 2.24) is 4.90 Å². The highest BCUT2D eigenvalue weighted by Crippen LogP contribution is 2.25. The van der Waals surface area contributed by atoms with Crippen LogP contribution >= 0.6 is 0 Å². The number of ether oxygens (including phenoxy) is 1. The summed E-state index contributed by atoms with van der Waals surface area (Å²) in [4.78, 5) is 2.06. The van der Waals surface area contributed by atoms with Gasteiger partial charge in [-0.3, -0.25) is 0 Å². The maximum atomic E-state index is 5.45. The summed E-state index contributed by atoms with van der Waals surface area (Å²) in [7, 11) is 2.01. The van der Waals surface area contributed by atoms with Gasteiger partial charge in [-0.05, 0) is 20.8 Å². The van der Waals surface area contributed by atoms with E-state index in [1.54, 1.807) is 0 Å². The monoisotopic (exact) mass is 127 g/mol. The lowest BCUT2D eigenvalue weighted by Gasteiger charge is -2.27. The molecule has 0 amide bonds. The standard InChI is InChI=1S/C7H13NO/c1-6-5-8(4)7(2,3)9-6/h5H,1-4H3. The first-order valence-electron chi connectivity index (χ1n) is 3.13. The molecule has 0 saturated carbocycles. The van der Waals surface area contributed by atoms with E-state index in [-0.39, 0.29) is 5.72 Å². The molecule has 0 spiro atoms. The molecule has 0 N–H and O–H groups in total. The summed E-state index contributed by atoms with van der Waals surface area (Å²) < 4.78 is 5.45. The average Bonchev–Trinajstić information content (AvgIpc) is 1.79. The van der Waals surface area contributed by atoms with Gasteiger partial charge in [0.25, 0.3) is 0 Å². The Bertz CT molecular complexity index is 149. The lowest BCUT2D eigenvalue weighted by atomic mass is 10.3. The Kier molecular flexibility index (Phi) is 1.19. The largest absolute Gasteiger partial charge is 0.472 e. The van der Waals surface area contributed by atoms with Crippen molar-refractivity contribution in [3.05, 3.63) is 12.0 Å². The van der Waals surface area contributed by atoms with Crippen LogP contribution in [0.25, 0.3) is 0 Å². The topological polar surface area (TPSA) is 12.5 Å². The van der Waals surface area contributed by atoms with E-state index in [2.05, 4.69) is 4.90 Å². The Balaban J connectivity index is 2.71. The van der Waals surface area contributed by atoms with Crippen LogP contribution in [0.15, 0.2) is 12.0 Å². The molecule has 0 unspecified atom stereocenters. The molecule has 1 aliphatic heterocycles. The van der Waals surface area contributed by atoms with Gasteiger partial charge in [-0.1, -0.05) is 0 Å². The summed E-state index contributed by atoms with van der Waals surface area (Å²) in [6.07, 6.45) is 2.00. The maximum absolute atomic E-state index is 5.45. The fourth-order valence-electron chi connectivity index (χ4n) is 0.920. The van der Waals surface area contributed by atoms with E-state index < -0.39 is 0 Å². The van der Waals surface area contributed by atoms with Gasteiger partial charge in [0.2, 0.25) is 0 Å². The Labute approximate surface area is 56.1 Å². The third-order valence-electron chi connectivity index (χ3n) is 1.64. The van der Waals surface area contributed by atoms with Crippen LogP contribution in [0, 0.1) is 0 Å². The normalized spacial score (nSPS) is 23.6. The summed E-state index contributed by atoms with van der Waals surface area (Å²) in [5.74, 6) is 0.988. The van der Waals surface area contributed by atoms with E-state index in [1.807, 2.05) is 34.0 Å². The van der Waals surface area contributed by atoms with Gasteiger partial charge in [0, 0.05) is 13.2 Å². The van der Waals surface area contributed by atoms with Gasteiger partial charge in [0.05, 0.1) is 0 Å². The molecule has 2 nitrogen and oxygen atoms in total. The summed E-state index contributed by atoms with van der Waals surface area (Å²) in [6, 6.07) is 0. The van der Waals surface area contributed by atoms with E-state index in [0.29, 0.717) is 0 Å². The fraction of sp³-hybridized carbons (Fsp3) is 0.714. The molecular formula is C7H13NO. The Morgan fingerprint density at radius 1 is 1.56 bits per heavy atom. The molecule has 1 heterocycles. The first kappa shape index (κ1) is 6.46. The van der Waals surface area contributed by atoms with Crippen molar-refractivity contribution >= 4 is 0 Å². The predicted molar refractivity (Wildman–Crippen MR) is 36.7 cm³/mol. The van der Waals surface area contributed by atoms with Gasteiger partial charge < -0.3 is 9.64 Å². The zero-order valence-corrected chi connectivity index (χ0v) is 6.43. The Morgan fingerprint density at radius 3 is 2.22 bits per heavy atom. The quantitative estimate of drug-likeness (QED) is 0.489. The second-order valence-electron chi connectivity index (χ2n) is 2.90. The summed E-state index contributed by atoms with van der Waals surface area (Å²) in [5.41, 5.74) is -0.135. The molecule has 9 heavy (non-hydrogen) atoms. The van der Waals surface area contributed by atoms with Crippen molar-refractivity contribution in [2.24, 2.45) is 0 Å². The van der Waals surface area contributed by atoms with Gasteiger partial charge in [0.15, 0.2) is 5.72 Å². The molecule has 0 atom stereocenters. The number of hydrogen-bond acceptors (Lipinski definition) is 2. The van der Waals surface area contributed by atoms with E-state index >= 15 is 0 Å². The molecule has 0 bridgehead atoms. The molecule has 1 aliphatic rings. The minimum absolute atomic E-state index is 0.135. The van der Waals surface area contributed by atoms with Crippen molar-refractivity contribution < 1.29 is 4.74 Å². The highest BCUT2D eigenvalue weighted by Gasteiger charge is 2.28. The van der Waals surface area contributed by atoms with Crippen molar-refractivity contribution in [2.75, 3.05) is 7.05 Å². The molecule has 0 aromatic heterocycles. The third kappa shape index (κ3) is 1.02. The first-order chi connectivity index (χ1) is 4.02. The molecule has 0 aromatic rings. The van der Waals surface area contributed by atoms with Crippen molar-refractivity contribution in [3.63, 3.8) is 0 Å². The third-order valence-corrected chi connectivity index (χ3v) is 1.64. The van der Waals surface area contributed by atoms with Crippen LogP contribution < -0.4 is 0 Å². The summed E-state index contributed by atoms with van der Waals surface area (Å²) >= 11 is 0. The van der Waals surface area contributed by atoms with Crippen LogP contribution in [0.5, 0.6) is 0 Å². The van der Waals surface area contributed by atoms with Crippen LogP contribution in [0.2, 0.25) is 0 Å². The zero-order valence-electron chi connectivity index (χ0n) is 6.43. The number of hydrogen-bond donors (Lipinski definition) is 0. The van der Waals surface area contributed by atoms with Gasteiger partial charge in [-0.15, -0.1) is 0 Å². The molecule has 0 aromatic carbocycles. The lowest BCUT2D eigenvalue weighted by molar-refractivity contribution is -0.0286. The van der Waals surface area contributed by atoms with Gasteiger partial charge in [-0.25, -0.2) is 0 Å². The average molecular weight is 127 g/mol. The number of allylic oxidation sites excluding steroid dienone is 1. The number of rotatable bonds is 0. The van der Waals surface area contributed by atoms with Gasteiger partial charge in [0.1, 0.15) is 5.76 Å². The number of nitrogens with zero attached hydrogens (tertiary/aromatic N) is 1. The Hall–Kier alpha value is -0.660. The van der Waals surface area contributed by atoms with E-state index in [4.69, 9.17) is 4.74 Å². The molecule has 0 aliphatic carbocycles.